The highest BCUT2D eigenvalue weighted by Gasteiger charge is 2.27. The van der Waals surface area contributed by atoms with Crippen LogP contribution in [0.25, 0.3) is 0 Å². The molecule has 3 atom stereocenters. The minimum atomic E-state index is 0.0119. The fourth-order valence-electron chi connectivity index (χ4n) is 3.26. The molecule has 118 valence electrons. The van der Waals surface area contributed by atoms with E-state index in [-0.39, 0.29) is 5.91 Å². The number of nitrogens with two attached hydrogens (primary N) is 1. The molecular weight excluding hydrogens is 264 g/mol. The Morgan fingerprint density at radius 2 is 2.24 bits per heavy atom. The second kappa shape index (κ2) is 7.07. The number of nitrogens with zero attached hydrogens (tertiary/aromatic N) is 2. The van der Waals surface area contributed by atoms with E-state index < -0.39 is 0 Å². The molecule has 0 spiro atoms. The van der Waals surface area contributed by atoms with Crippen molar-refractivity contribution in [1.29, 1.82) is 0 Å². The molecule has 1 aromatic rings. The van der Waals surface area contributed by atoms with E-state index in [1.54, 1.807) is 6.20 Å². The van der Waals surface area contributed by atoms with Gasteiger partial charge in [-0.1, -0.05) is 13.8 Å². The number of nitrogens with one attached hydrogen (secondary N) is 1. The molecule has 2 rings (SSSR count). The van der Waals surface area contributed by atoms with Gasteiger partial charge in [-0.2, -0.15) is 5.10 Å². The van der Waals surface area contributed by atoms with Crippen molar-refractivity contribution in [2.24, 2.45) is 17.6 Å². The second-order valence-electron chi connectivity index (χ2n) is 6.48. The monoisotopic (exact) mass is 292 g/mol. The van der Waals surface area contributed by atoms with Crippen LogP contribution in [0, 0.1) is 18.8 Å². The van der Waals surface area contributed by atoms with E-state index in [1.165, 1.54) is 12.8 Å². The third-order valence-corrected chi connectivity index (χ3v) is 4.67. The van der Waals surface area contributed by atoms with Gasteiger partial charge in [0.2, 0.25) is 0 Å². The highest BCUT2D eigenvalue weighted by Crippen LogP contribution is 2.28. The Balaban J connectivity index is 1.98. The summed E-state index contributed by atoms with van der Waals surface area (Å²) in [6, 6.07) is 0.292. The van der Waals surface area contributed by atoms with Gasteiger partial charge in [0.15, 0.2) is 0 Å². The Bertz CT molecular complexity index is 483. The van der Waals surface area contributed by atoms with Crippen LogP contribution in [-0.2, 0) is 6.54 Å². The molecule has 1 saturated carbocycles. The Hall–Kier alpha value is -1.36. The number of aryl methyl sites for hydroxylation is 1. The zero-order valence-corrected chi connectivity index (χ0v) is 13.4. The lowest BCUT2D eigenvalue weighted by atomic mass is 9.80. The van der Waals surface area contributed by atoms with Crippen LogP contribution in [0.2, 0.25) is 0 Å². The lowest BCUT2D eigenvalue weighted by molar-refractivity contribution is 0.0899. The fourth-order valence-corrected chi connectivity index (χ4v) is 3.26. The average Bonchev–Trinajstić information content (AvgIpc) is 2.81. The van der Waals surface area contributed by atoms with Crippen molar-refractivity contribution in [3.05, 3.63) is 17.5 Å². The van der Waals surface area contributed by atoms with Gasteiger partial charge in [0.25, 0.3) is 5.91 Å². The number of hydrogen-bond acceptors (Lipinski definition) is 3. The number of aromatic nitrogens is 2. The molecule has 3 unspecified atom stereocenters. The topological polar surface area (TPSA) is 72.9 Å². The van der Waals surface area contributed by atoms with Crippen LogP contribution in [0.5, 0.6) is 0 Å². The minimum absolute atomic E-state index is 0.0119. The van der Waals surface area contributed by atoms with Gasteiger partial charge in [-0.25, -0.2) is 0 Å². The Labute approximate surface area is 127 Å². The molecule has 1 aliphatic rings. The van der Waals surface area contributed by atoms with Crippen LogP contribution >= 0.6 is 0 Å². The first-order chi connectivity index (χ1) is 10.0. The predicted molar refractivity (Wildman–Crippen MR) is 84.1 cm³/mol. The molecule has 1 amide bonds. The molecule has 5 nitrogen and oxygen atoms in total. The molecule has 0 saturated heterocycles. The maximum absolute atomic E-state index is 12.5. The van der Waals surface area contributed by atoms with E-state index in [0.717, 1.165) is 31.0 Å². The average molecular weight is 292 g/mol. The van der Waals surface area contributed by atoms with Crippen molar-refractivity contribution in [2.75, 3.05) is 6.54 Å². The van der Waals surface area contributed by atoms with E-state index in [2.05, 4.69) is 24.3 Å². The summed E-state index contributed by atoms with van der Waals surface area (Å²) in [5.41, 5.74) is 7.14. The SMILES string of the molecule is Cc1c(C(=O)NC2CCC(C)CC2C)cnn1CCCN. The first-order valence-corrected chi connectivity index (χ1v) is 8.06. The highest BCUT2D eigenvalue weighted by molar-refractivity contribution is 5.95. The molecule has 0 bridgehead atoms. The third kappa shape index (κ3) is 3.84. The lowest BCUT2D eigenvalue weighted by Crippen LogP contribution is -2.42. The first kappa shape index (κ1) is 16.0. The van der Waals surface area contributed by atoms with Crippen molar-refractivity contribution < 1.29 is 4.79 Å². The van der Waals surface area contributed by atoms with E-state index in [4.69, 9.17) is 5.73 Å². The molecule has 0 radical (unpaired) electrons. The van der Waals surface area contributed by atoms with Crippen LogP contribution in [0.1, 0.15) is 55.6 Å². The summed E-state index contributed by atoms with van der Waals surface area (Å²) >= 11 is 0. The van der Waals surface area contributed by atoms with Crippen LogP contribution in [-0.4, -0.2) is 28.3 Å². The summed E-state index contributed by atoms with van der Waals surface area (Å²) in [5.74, 6) is 1.33. The minimum Gasteiger partial charge on any atom is -0.349 e. The Morgan fingerprint density at radius 3 is 2.90 bits per heavy atom. The van der Waals surface area contributed by atoms with Gasteiger partial charge in [-0.3, -0.25) is 9.48 Å². The fraction of sp³-hybridized carbons (Fsp3) is 0.750. The van der Waals surface area contributed by atoms with E-state index in [1.807, 2.05) is 11.6 Å². The molecule has 3 N–H and O–H groups in total. The summed E-state index contributed by atoms with van der Waals surface area (Å²) in [4.78, 5) is 12.5. The maximum Gasteiger partial charge on any atom is 0.254 e. The van der Waals surface area contributed by atoms with Gasteiger partial charge >= 0.3 is 0 Å². The number of rotatable bonds is 5. The molecule has 1 aliphatic carbocycles. The number of carbonyl (C=O) groups is 1. The molecule has 0 aromatic carbocycles. The molecule has 1 heterocycles. The first-order valence-electron chi connectivity index (χ1n) is 8.06. The normalized spacial score (nSPS) is 25.8. The smallest absolute Gasteiger partial charge is 0.254 e. The molecule has 21 heavy (non-hydrogen) atoms. The lowest BCUT2D eigenvalue weighted by Gasteiger charge is -2.33. The molecule has 0 aliphatic heterocycles. The molecule has 1 fully saturated rings. The summed E-state index contributed by atoms with van der Waals surface area (Å²) in [7, 11) is 0. The molecular formula is C16H28N4O. The number of carbonyl (C=O) groups excluding carboxylic acids is 1. The van der Waals surface area contributed by atoms with Crippen molar-refractivity contribution in [1.82, 2.24) is 15.1 Å². The summed E-state index contributed by atoms with van der Waals surface area (Å²) in [6.45, 7) is 7.88. The van der Waals surface area contributed by atoms with Gasteiger partial charge < -0.3 is 11.1 Å². The Kier molecular flexibility index (Phi) is 5.39. The highest BCUT2D eigenvalue weighted by atomic mass is 16.1. The second-order valence-corrected chi connectivity index (χ2v) is 6.48. The van der Waals surface area contributed by atoms with Crippen LogP contribution in [0.3, 0.4) is 0 Å². The largest absolute Gasteiger partial charge is 0.349 e. The summed E-state index contributed by atoms with van der Waals surface area (Å²) in [6.07, 6.45) is 6.02. The van der Waals surface area contributed by atoms with E-state index >= 15 is 0 Å². The van der Waals surface area contributed by atoms with Gasteiger partial charge in [-0.05, 0) is 51.0 Å². The van der Waals surface area contributed by atoms with Gasteiger partial charge in [0.05, 0.1) is 11.8 Å². The van der Waals surface area contributed by atoms with Gasteiger partial charge in [-0.15, -0.1) is 0 Å². The molecule has 5 heteroatoms. The van der Waals surface area contributed by atoms with Gasteiger partial charge in [0, 0.05) is 18.3 Å². The number of hydrogen-bond donors (Lipinski definition) is 2. The molecule has 1 aromatic heterocycles. The quantitative estimate of drug-likeness (QED) is 0.873. The van der Waals surface area contributed by atoms with E-state index in [9.17, 15) is 4.79 Å². The maximum atomic E-state index is 12.5. The standard InChI is InChI=1S/C16H28N4O/c1-11-5-6-15(12(2)9-11)19-16(21)14-10-18-20(13(14)3)8-4-7-17/h10-12,15H,4-9,17H2,1-3H3,(H,19,21). The zero-order chi connectivity index (χ0) is 15.4. The van der Waals surface area contributed by atoms with E-state index in [0.29, 0.717) is 24.1 Å². The summed E-state index contributed by atoms with van der Waals surface area (Å²) < 4.78 is 1.87. The third-order valence-electron chi connectivity index (χ3n) is 4.67. The Morgan fingerprint density at radius 1 is 1.48 bits per heavy atom. The predicted octanol–water partition coefficient (Wildman–Crippen LogP) is 2.09. The van der Waals surface area contributed by atoms with Crippen LogP contribution < -0.4 is 11.1 Å². The van der Waals surface area contributed by atoms with Crippen molar-refractivity contribution in [2.45, 2.75) is 59.0 Å². The van der Waals surface area contributed by atoms with Crippen molar-refractivity contribution in [3.63, 3.8) is 0 Å². The van der Waals surface area contributed by atoms with Crippen molar-refractivity contribution in [3.8, 4) is 0 Å². The summed E-state index contributed by atoms with van der Waals surface area (Å²) in [5, 5.41) is 7.50. The van der Waals surface area contributed by atoms with Crippen LogP contribution in [0.4, 0.5) is 0 Å². The van der Waals surface area contributed by atoms with Crippen LogP contribution in [0.15, 0.2) is 6.20 Å². The van der Waals surface area contributed by atoms with Crippen molar-refractivity contribution >= 4 is 5.91 Å². The van der Waals surface area contributed by atoms with Gasteiger partial charge in [0.1, 0.15) is 0 Å². The number of amides is 1. The zero-order valence-electron chi connectivity index (χ0n) is 13.4.